The Bertz CT molecular complexity index is 1830. The van der Waals surface area contributed by atoms with E-state index in [-0.39, 0.29) is 11.4 Å². The summed E-state index contributed by atoms with van der Waals surface area (Å²) in [5, 5.41) is 0. The van der Waals surface area contributed by atoms with Gasteiger partial charge >= 0.3 is 84.3 Å². The van der Waals surface area contributed by atoms with Crippen LogP contribution in [0, 0.1) is 0 Å². The number of hydrogen-bond acceptors (Lipinski definition) is 5. The van der Waals surface area contributed by atoms with E-state index in [9.17, 15) is 123 Å². The molecule has 0 aliphatic rings. The third-order valence-electron chi connectivity index (χ3n) is 7.99. The number of ether oxygens (including phenoxy) is 3. The van der Waals surface area contributed by atoms with E-state index in [4.69, 9.17) is 0 Å². The smallest absolute Gasteiger partial charge is 0.454 e. The van der Waals surface area contributed by atoms with Gasteiger partial charge in [0.2, 0.25) is 0 Å². The first kappa shape index (κ1) is 55.2. The van der Waals surface area contributed by atoms with Crippen LogP contribution in [0.5, 0.6) is 5.75 Å². The predicted octanol–water partition coefficient (Wildman–Crippen LogP) is 13.0. The van der Waals surface area contributed by atoms with E-state index >= 15 is 0 Å². The Hall–Kier alpha value is -3.94. The Morgan fingerprint density at radius 2 is 0.841 bits per heavy atom. The second-order valence-electron chi connectivity index (χ2n) is 12.6. The predicted molar refractivity (Wildman–Crippen MR) is 148 cm³/mol. The highest BCUT2D eigenvalue weighted by Gasteiger charge is 2.93. The third kappa shape index (κ3) is 9.57. The van der Waals surface area contributed by atoms with Crippen molar-refractivity contribution >= 4 is 0 Å². The largest absolute Gasteiger partial charge is 0.460 e. The molecular weight excluding hydrogens is 968 g/mol. The summed E-state index contributed by atoms with van der Waals surface area (Å²) >= 11 is 0. The van der Waals surface area contributed by atoms with Crippen LogP contribution in [0.1, 0.15) is 38.2 Å². The van der Waals surface area contributed by atoms with Crippen LogP contribution in [0.3, 0.4) is 0 Å². The van der Waals surface area contributed by atoms with E-state index in [1.54, 1.807) is 0 Å². The van der Waals surface area contributed by atoms with Crippen LogP contribution in [-0.2, 0) is 15.9 Å². The van der Waals surface area contributed by atoms with Gasteiger partial charge in [0.25, 0.3) is 0 Å². The van der Waals surface area contributed by atoms with Crippen LogP contribution in [0.15, 0.2) is 36.7 Å². The number of nitrogens with zero attached hydrogens (tertiary/aromatic N) is 2. The molecule has 0 bridgehead atoms. The van der Waals surface area contributed by atoms with Gasteiger partial charge in [0, 0.05) is 18.0 Å². The molecule has 2 aromatic rings. The fourth-order valence-corrected chi connectivity index (χ4v) is 4.32. The molecule has 1 aromatic carbocycles. The van der Waals surface area contributed by atoms with Crippen molar-refractivity contribution in [2.75, 3.05) is 0 Å². The molecule has 0 N–H and O–H groups in total. The van der Waals surface area contributed by atoms with Crippen molar-refractivity contribution in [3.05, 3.63) is 42.2 Å². The van der Waals surface area contributed by atoms with Gasteiger partial charge in [-0.05, 0) is 42.7 Å². The van der Waals surface area contributed by atoms with E-state index in [1.807, 2.05) is 6.92 Å². The van der Waals surface area contributed by atoms with Crippen LogP contribution >= 0.6 is 0 Å². The van der Waals surface area contributed by atoms with Crippen LogP contribution in [0.25, 0.3) is 11.4 Å². The lowest BCUT2D eigenvalue weighted by Crippen LogP contribution is -2.72. The van der Waals surface area contributed by atoms with Crippen LogP contribution in [0.2, 0.25) is 0 Å². The van der Waals surface area contributed by atoms with Gasteiger partial charge in [0.1, 0.15) is 5.75 Å². The molecule has 1 unspecified atom stereocenters. The second-order valence-corrected chi connectivity index (χ2v) is 12.6. The fourth-order valence-electron chi connectivity index (χ4n) is 4.32. The fraction of sp³-hybridized carbons (Fsp3) is 0.667. The molecule has 1 heterocycles. The van der Waals surface area contributed by atoms with E-state index in [1.165, 1.54) is 12.4 Å². The Balaban J connectivity index is 2.37. The molecule has 2 rings (SSSR count). The summed E-state index contributed by atoms with van der Waals surface area (Å²) in [6, 6.07) is 2.25. The monoisotopic (exact) mass is 988 g/mol. The quantitative estimate of drug-likeness (QED) is 0.0869. The molecule has 63 heavy (non-hydrogen) atoms. The summed E-state index contributed by atoms with van der Waals surface area (Å²) in [6.45, 7) is 1.94. The topological polar surface area (TPSA) is 53.5 Å². The number of alkyl halides is 28. The second kappa shape index (κ2) is 17.1. The van der Waals surface area contributed by atoms with Crippen molar-refractivity contribution in [2.24, 2.45) is 0 Å². The zero-order valence-electron chi connectivity index (χ0n) is 29.8. The number of unbranched alkanes of at least 4 members (excludes halogenated alkanes) is 3. The van der Waals surface area contributed by atoms with Crippen molar-refractivity contribution in [3.8, 4) is 17.1 Å². The number of rotatable bonds is 22. The molecule has 0 amide bonds. The van der Waals surface area contributed by atoms with Crippen molar-refractivity contribution in [1.82, 2.24) is 9.97 Å². The van der Waals surface area contributed by atoms with Gasteiger partial charge in [-0.3, -0.25) is 0 Å². The van der Waals surface area contributed by atoms with Crippen LogP contribution < -0.4 is 4.74 Å². The molecule has 0 aliphatic carbocycles. The van der Waals surface area contributed by atoms with Gasteiger partial charge in [-0.1, -0.05) is 26.2 Å². The van der Waals surface area contributed by atoms with Crippen LogP contribution in [0.4, 0.5) is 123 Å². The van der Waals surface area contributed by atoms with Crippen LogP contribution in [-0.4, -0.2) is 94.3 Å². The maximum atomic E-state index is 14.3. The number of aryl methyl sites for hydroxylation is 1. The molecule has 5 nitrogen and oxygen atoms in total. The maximum Gasteiger partial charge on any atom is 0.460 e. The third-order valence-corrected chi connectivity index (χ3v) is 7.99. The Kier molecular flexibility index (Phi) is 15.0. The van der Waals surface area contributed by atoms with Crippen molar-refractivity contribution < 1.29 is 137 Å². The zero-order chi connectivity index (χ0) is 49.7. The summed E-state index contributed by atoms with van der Waals surface area (Å²) in [7, 11) is 0. The average Bonchev–Trinajstić information content (AvgIpc) is 3.12. The lowest BCUT2D eigenvalue weighted by molar-refractivity contribution is -0.560. The SMILES string of the molecule is CCCCCCc1cnc(-c2ccc(OC(F)C(F)(F)C(F)(F)C(F)(F)C(F)(F)C(F)(F)OC(F)(F)C(F)(F)OC(F)(F)C(F)(F)C(F)(F)C(F)(F)C(F)(F)C(F)(F)F)cc2)nc1. The number of hydrogen-bond donors (Lipinski definition) is 0. The lowest BCUT2D eigenvalue weighted by Gasteiger charge is -2.41. The lowest BCUT2D eigenvalue weighted by atomic mass is 9.97. The van der Waals surface area contributed by atoms with Gasteiger partial charge < -0.3 is 4.74 Å². The Morgan fingerprint density at radius 3 is 1.22 bits per heavy atom. The van der Waals surface area contributed by atoms with E-state index < -0.39 is 90.1 Å². The molecule has 1 aromatic heterocycles. The minimum absolute atomic E-state index is 0.0870. The molecule has 364 valence electrons. The van der Waals surface area contributed by atoms with Crippen molar-refractivity contribution in [3.63, 3.8) is 0 Å². The maximum absolute atomic E-state index is 14.3. The average molecular weight is 988 g/mol. The van der Waals surface area contributed by atoms with Gasteiger partial charge in [-0.15, -0.1) is 0 Å². The molecule has 0 fully saturated rings. The van der Waals surface area contributed by atoms with Gasteiger partial charge in [0.05, 0.1) is 0 Å². The molecule has 0 saturated heterocycles. The molecule has 0 radical (unpaired) electrons. The first-order chi connectivity index (χ1) is 27.8. The molecular formula is C30H20F28N2O3. The Morgan fingerprint density at radius 1 is 0.460 bits per heavy atom. The normalized spacial score (nSPS) is 15.8. The van der Waals surface area contributed by atoms with Gasteiger partial charge in [-0.2, -0.15) is 123 Å². The summed E-state index contributed by atoms with van der Waals surface area (Å²) in [5.74, 6) is -71.1. The molecule has 0 spiro atoms. The van der Waals surface area contributed by atoms with E-state index in [2.05, 4.69) is 14.7 Å². The Labute approximate surface area is 330 Å². The first-order valence-corrected chi connectivity index (χ1v) is 16.0. The number of benzene rings is 1. The number of aromatic nitrogens is 2. The molecule has 1 atom stereocenters. The summed E-state index contributed by atoms with van der Waals surface area (Å²) in [4.78, 5) is 7.87. The summed E-state index contributed by atoms with van der Waals surface area (Å²) in [6.07, 6.45) is -41.7. The van der Waals surface area contributed by atoms with Gasteiger partial charge in [-0.25, -0.2) is 19.4 Å². The van der Waals surface area contributed by atoms with Crippen molar-refractivity contribution in [1.29, 1.82) is 0 Å². The zero-order valence-corrected chi connectivity index (χ0v) is 29.8. The molecule has 0 saturated carbocycles. The highest BCUT2D eigenvalue weighted by Crippen LogP contribution is 2.63. The minimum Gasteiger partial charge on any atom is -0.454 e. The summed E-state index contributed by atoms with van der Waals surface area (Å²) in [5.41, 5.74) is 0.540. The highest BCUT2D eigenvalue weighted by atomic mass is 19.4. The standard InChI is InChI=1S/C30H20F28N2O3/c1-2-3-4-5-6-13-11-59-16(60-12-13)14-7-9-15(10-8-14)61-17(31)18(32,33)19(34,35)20(36,37)24(44,45)27(51,52)62-29(55,56)30(57,58)63-28(53,54)25(46,47)22(40,41)21(38,39)23(42,43)26(48,49)50/h7-12,17H,2-6H2,1H3. The van der Waals surface area contributed by atoms with E-state index in [0.717, 1.165) is 47.3 Å². The molecule has 33 heteroatoms. The van der Waals surface area contributed by atoms with Gasteiger partial charge in [0.15, 0.2) is 5.82 Å². The number of halogens is 28. The minimum atomic E-state index is -9.12. The van der Waals surface area contributed by atoms with E-state index in [0.29, 0.717) is 24.1 Å². The summed E-state index contributed by atoms with van der Waals surface area (Å²) < 4.78 is 386. The van der Waals surface area contributed by atoms with Crippen molar-refractivity contribution in [2.45, 2.75) is 123 Å². The molecule has 0 aliphatic heterocycles. The first-order valence-electron chi connectivity index (χ1n) is 16.0. The highest BCUT2D eigenvalue weighted by molar-refractivity contribution is 5.56.